The fraction of sp³-hybridized carbons (Fsp3) is 0.235. The zero-order valence-electron chi connectivity index (χ0n) is 11.8. The van der Waals surface area contributed by atoms with E-state index in [0.29, 0.717) is 25.3 Å². The molecule has 1 amide bonds. The van der Waals surface area contributed by atoms with E-state index in [9.17, 15) is 9.18 Å². The summed E-state index contributed by atoms with van der Waals surface area (Å²) in [5.74, 6) is 0.0509. The molecule has 2 aromatic carbocycles. The molecule has 21 heavy (non-hydrogen) atoms. The maximum absolute atomic E-state index is 14.1. The van der Waals surface area contributed by atoms with Crippen LogP contribution < -0.4 is 4.74 Å². The highest BCUT2D eigenvalue weighted by atomic mass is 19.1. The molecule has 0 unspecified atom stereocenters. The molecule has 4 heteroatoms. The quantitative estimate of drug-likeness (QED) is 0.805. The van der Waals surface area contributed by atoms with Crippen LogP contribution in [0, 0.1) is 12.7 Å². The van der Waals surface area contributed by atoms with Crippen molar-refractivity contribution in [3.8, 4) is 5.75 Å². The summed E-state index contributed by atoms with van der Waals surface area (Å²) in [7, 11) is 0. The van der Waals surface area contributed by atoms with Gasteiger partial charge in [-0.3, -0.25) is 4.79 Å². The van der Waals surface area contributed by atoms with Crippen LogP contribution in [0.5, 0.6) is 5.75 Å². The van der Waals surface area contributed by atoms with Gasteiger partial charge in [-0.2, -0.15) is 0 Å². The van der Waals surface area contributed by atoms with Crippen LogP contribution in [-0.2, 0) is 6.54 Å². The van der Waals surface area contributed by atoms with E-state index in [1.54, 1.807) is 24.0 Å². The van der Waals surface area contributed by atoms with Crippen molar-refractivity contribution in [1.29, 1.82) is 0 Å². The van der Waals surface area contributed by atoms with Gasteiger partial charge in [0.15, 0.2) is 0 Å². The van der Waals surface area contributed by atoms with Crippen LogP contribution in [0.2, 0.25) is 0 Å². The zero-order valence-corrected chi connectivity index (χ0v) is 11.8. The largest absolute Gasteiger partial charge is 0.491 e. The number of carbonyl (C=O) groups is 1. The summed E-state index contributed by atoms with van der Waals surface area (Å²) < 4.78 is 19.8. The van der Waals surface area contributed by atoms with Crippen LogP contribution in [-0.4, -0.2) is 24.0 Å². The van der Waals surface area contributed by atoms with Gasteiger partial charge in [-0.1, -0.05) is 30.3 Å². The Morgan fingerprint density at radius 3 is 2.86 bits per heavy atom. The topological polar surface area (TPSA) is 29.5 Å². The number of rotatable bonds is 1. The molecule has 2 aromatic rings. The molecule has 1 aliphatic heterocycles. The molecule has 108 valence electrons. The summed E-state index contributed by atoms with van der Waals surface area (Å²) in [4.78, 5) is 14.2. The fourth-order valence-corrected chi connectivity index (χ4v) is 2.48. The van der Waals surface area contributed by atoms with Crippen molar-refractivity contribution in [1.82, 2.24) is 4.90 Å². The minimum absolute atomic E-state index is 0.120. The van der Waals surface area contributed by atoms with Gasteiger partial charge in [-0.05, 0) is 24.6 Å². The Bertz CT molecular complexity index is 684. The van der Waals surface area contributed by atoms with E-state index in [2.05, 4.69) is 0 Å². The van der Waals surface area contributed by atoms with Gasteiger partial charge in [0.25, 0.3) is 5.91 Å². The molecule has 0 bridgehead atoms. The average molecular weight is 285 g/mol. The van der Waals surface area contributed by atoms with Crippen molar-refractivity contribution in [2.24, 2.45) is 0 Å². The summed E-state index contributed by atoms with van der Waals surface area (Å²) in [5.41, 5.74) is 1.54. The van der Waals surface area contributed by atoms with Crippen LogP contribution in [0.15, 0.2) is 42.5 Å². The molecule has 0 aliphatic carbocycles. The lowest BCUT2D eigenvalue weighted by Crippen LogP contribution is -2.33. The number of aryl methyl sites for hydroxylation is 1. The van der Waals surface area contributed by atoms with Crippen LogP contribution in [0.4, 0.5) is 4.39 Å². The van der Waals surface area contributed by atoms with Crippen LogP contribution >= 0.6 is 0 Å². The van der Waals surface area contributed by atoms with Crippen molar-refractivity contribution in [3.63, 3.8) is 0 Å². The Kier molecular flexibility index (Phi) is 3.60. The second-order valence-corrected chi connectivity index (χ2v) is 5.12. The summed E-state index contributed by atoms with van der Waals surface area (Å²) in [6, 6.07) is 12.5. The third-order valence-corrected chi connectivity index (χ3v) is 3.66. The lowest BCUT2D eigenvalue weighted by atomic mass is 10.1. The van der Waals surface area contributed by atoms with Crippen molar-refractivity contribution in [2.45, 2.75) is 13.5 Å². The van der Waals surface area contributed by atoms with Gasteiger partial charge in [0, 0.05) is 12.1 Å². The van der Waals surface area contributed by atoms with Crippen LogP contribution in [0.25, 0.3) is 0 Å². The number of nitrogens with zero attached hydrogens (tertiary/aromatic N) is 1. The van der Waals surface area contributed by atoms with Gasteiger partial charge in [0.1, 0.15) is 18.2 Å². The first-order valence-corrected chi connectivity index (χ1v) is 6.92. The molecule has 0 N–H and O–H groups in total. The average Bonchev–Trinajstić information content (AvgIpc) is 2.71. The molecule has 0 saturated carbocycles. The van der Waals surface area contributed by atoms with Crippen LogP contribution in [0.1, 0.15) is 21.5 Å². The molecule has 0 fully saturated rings. The van der Waals surface area contributed by atoms with E-state index in [-0.39, 0.29) is 11.5 Å². The van der Waals surface area contributed by atoms with Crippen LogP contribution in [0.3, 0.4) is 0 Å². The summed E-state index contributed by atoms with van der Waals surface area (Å²) in [6.07, 6.45) is 0. The second kappa shape index (κ2) is 5.56. The zero-order chi connectivity index (χ0) is 14.8. The van der Waals surface area contributed by atoms with Crippen molar-refractivity contribution >= 4 is 5.91 Å². The number of para-hydroxylation sites is 1. The summed E-state index contributed by atoms with van der Waals surface area (Å²) in [5, 5.41) is 0. The fourth-order valence-electron chi connectivity index (χ4n) is 2.48. The molecule has 0 spiro atoms. The Labute approximate surface area is 123 Å². The molecular formula is C17H16FNO2. The monoisotopic (exact) mass is 285 g/mol. The van der Waals surface area contributed by atoms with E-state index in [0.717, 1.165) is 11.3 Å². The minimum atomic E-state index is -0.444. The first-order chi connectivity index (χ1) is 10.2. The lowest BCUT2D eigenvalue weighted by molar-refractivity contribution is 0.0728. The Morgan fingerprint density at radius 2 is 2.00 bits per heavy atom. The SMILES string of the molecule is Cc1cccc(C(=O)N2CCOc3ccccc3C2)c1F. The Hall–Kier alpha value is -2.36. The number of benzene rings is 2. The minimum Gasteiger partial charge on any atom is -0.491 e. The van der Waals surface area contributed by atoms with E-state index >= 15 is 0 Å². The van der Waals surface area contributed by atoms with Gasteiger partial charge in [0.05, 0.1) is 12.1 Å². The number of halogens is 1. The number of fused-ring (bicyclic) bond motifs is 1. The third-order valence-electron chi connectivity index (χ3n) is 3.66. The smallest absolute Gasteiger partial charge is 0.257 e. The lowest BCUT2D eigenvalue weighted by Gasteiger charge is -2.20. The third kappa shape index (κ3) is 2.61. The van der Waals surface area contributed by atoms with Gasteiger partial charge in [0.2, 0.25) is 0 Å². The van der Waals surface area contributed by atoms with Gasteiger partial charge < -0.3 is 9.64 Å². The maximum Gasteiger partial charge on any atom is 0.257 e. The van der Waals surface area contributed by atoms with Crippen molar-refractivity contribution < 1.29 is 13.9 Å². The molecule has 1 aliphatic rings. The maximum atomic E-state index is 14.1. The number of amides is 1. The second-order valence-electron chi connectivity index (χ2n) is 5.12. The van der Waals surface area contributed by atoms with Crippen molar-refractivity contribution in [3.05, 3.63) is 65.0 Å². The number of ether oxygens (including phenoxy) is 1. The normalized spacial score (nSPS) is 14.1. The van der Waals surface area contributed by atoms with Crippen molar-refractivity contribution in [2.75, 3.05) is 13.2 Å². The van der Waals surface area contributed by atoms with E-state index in [1.807, 2.05) is 24.3 Å². The summed E-state index contributed by atoms with van der Waals surface area (Å²) in [6.45, 7) is 2.95. The molecule has 0 saturated heterocycles. The molecule has 0 atom stereocenters. The number of hydrogen-bond acceptors (Lipinski definition) is 2. The first-order valence-electron chi connectivity index (χ1n) is 6.92. The predicted molar refractivity (Wildman–Crippen MR) is 77.8 cm³/mol. The standard InChI is InChI=1S/C17H16FNO2/c1-12-5-4-7-14(16(12)18)17(20)19-9-10-21-15-8-3-2-6-13(15)11-19/h2-8H,9-11H2,1H3. The Morgan fingerprint density at radius 1 is 1.19 bits per heavy atom. The molecule has 0 aromatic heterocycles. The molecule has 3 rings (SSSR count). The molecule has 3 nitrogen and oxygen atoms in total. The predicted octanol–water partition coefficient (Wildman–Crippen LogP) is 3.17. The van der Waals surface area contributed by atoms with Gasteiger partial charge in [-0.15, -0.1) is 0 Å². The first kappa shape index (κ1) is 13.6. The molecule has 1 heterocycles. The molecular weight excluding hydrogens is 269 g/mol. The molecule has 0 radical (unpaired) electrons. The Balaban J connectivity index is 1.90. The van der Waals surface area contributed by atoms with E-state index in [4.69, 9.17) is 4.74 Å². The number of carbonyl (C=O) groups excluding carboxylic acids is 1. The van der Waals surface area contributed by atoms with Gasteiger partial charge in [-0.25, -0.2) is 4.39 Å². The highest BCUT2D eigenvalue weighted by molar-refractivity contribution is 5.94. The van der Waals surface area contributed by atoms with E-state index in [1.165, 1.54) is 6.07 Å². The summed E-state index contributed by atoms with van der Waals surface area (Å²) >= 11 is 0. The highest BCUT2D eigenvalue weighted by Crippen LogP contribution is 2.24. The van der Waals surface area contributed by atoms with Gasteiger partial charge >= 0.3 is 0 Å². The van der Waals surface area contributed by atoms with E-state index < -0.39 is 5.82 Å². The number of hydrogen-bond donors (Lipinski definition) is 0. The highest BCUT2D eigenvalue weighted by Gasteiger charge is 2.23.